The predicted octanol–water partition coefficient (Wildman–Crippen LogP) is 3.49. The zero-order valence-corrected chi connectivity index (χ0v) is 15.9. The number of piperidine rings is 1. The summed E-state index contributed by atoms with van der Waals surface area (Å²) >= 11 is 5.98. The van der Waals surface area contributed by atoms with Crippen LogP contribution in [0.2, 0.25) is 5.02 Å². The Bertz CT molecular complexity index is 850. The summed E-state index contributed by atoms with van der Waals surface area (Å²) in [5.74, 6) is 0. The van der Waals surface area contributed by atoms with Crippen LogP contribution in [-0.2, 0) is 9.84 Å². The Kier molecular flexibility index (Phi) is 5.62. The van der Waals surface area contributed by atoms with Crippen LogP contribution in [0.5, 0.6) is 0 Å². The van der Waals surface area contributed by atoms with Gasteiger partial charge in [-0.2, -0.15) is 0 Å². The monoisotopic (exact) mass is 376 g/mol. The lowest BCUT2D eigenvalue weighted by atomic mass is 10.1. The minimum absolute atomic E-state index is 0.329. The van der Waals surface area contributed by atoms with Crippen molar-refractivity contribution in [2.75, 3.05) is 13.1 Å². The lowest BCUT2D eigenvalue weighted by Gasteiger charge is -2.21. The van der Waals surface area contributed by atoms with Gasteiger partial charge >= 0.3 is 0 Å². The molecule has 2 aromatic carbocycles. The SMILES string of the molecule is Cc1ccc(S(=O)(=O)C(=C[NH+]2CCCCC2)c2ccc(Cl)cc2)cc1. The molecule has 0 bridgehead atoms. The van der Waals surface area contributed by atoms with Crippen LogP contribution in [0.4, 0.5) is 0 Å². The molecule has 25 heavy (non-hydrogen) atoms. The maximum Gasteiger partial charge on any atom is 0.212 e. The van der Waals surface area contributed by atoms with Gasteiger partial charge in [0.15, 0.2) is 0 Å². The normalized spacial score (nSPS) is 16.8. The topological polar surface area (TPSA) is 38.6 Å². The summed E-state index contributed by atoms with van der Waals surface area (Å²) in [6.07, 6.45) is 5.37. The first-order valence-corrected chi connectivity index (χ1v) is 10.5. The second-order valence-corrected chi connectivity index (χ2v) is 8.91. The van der Waals surface area contributed by atoms with E-state index in [1.807, 2.05) is 25.3 Å². The van der Waals surface area contributed by atoms with Crippen LogP contribution in [0.25, 0.3) is 4.91 Å². The first kappa shape index (κ1) is 18.2. The van der Waals surface area contributed by atoms with Gasteiger partial charge in [0.25, 0.3) is 0 Å². The Morgan fingerprint density at radius 3 is 2.16 bits per heavy atom. The summed E-state index contributed by atoms with van der Waals surface area (Å²) in [5, 5.41) is 0.598. The van der Waals surface area contributed by atoms with Crippen LogP contribution in [0, 0.1) is 6.92 Å². The molecule has 1 N–H and O–H groups in total. The maximum absolute atomic E-state index is 13.3. The van der Waals surface area contributed by atoms with Crippen molar-refractivity contribution in [3.8, 4) is 0 Å². The summed E-state index contributed by atoms with van der Waals surface area (Å²) in [6, 6.07) is 14.1. The second kappa shape index (κ2) is 7.73. The highest BCUT2D eigenvalue weighted by atomic mass is 35.5. The molecule has 0 amide bonds. The van der Waals surface area contributed by atoms with Gasteiger partial charge < -0.3 is 4.90 Å². The smallest absolute Gasteiger partial charge is 0.212 e. The Morgan fingerprint density at radius 2 is 1.56 bits per heavy atom. The van der Waals surface area contributed by atoms with E-state index in [0.717, 1.165) is 31.5 Å². The molecule has 0 aliphatic carbocycles. The van der Waals surface area contributed by atoms with Crippen molar-refractivity contribution in [3.05, 3.63) is 70.9 Å². The standard InChI is InChI=1S/C20H22ClNO2S/c1-16-5-11-19(12-6-16)25(23,24)20(15-22-13-3-2-4-14-22)17-7-9-18(21)10-8-17/h5-12,15H,2-4,13-14H2,1H3/p+1. The van der Waals surface area contributed by atoms with Crippen molar-refractivity contribution in [1.82, 2.24) is 0 Å². The molecule has 1 fully saturated rings. The number of hydrogen-bond donors (Lipinski definition) is 1. The summed E-state index contributed by atoms with van der Waals surface area (Å²) in [7, 11) is -3.59. The first-order chi connectivity index (χ1) is 12.0. The summed E-state index contributed by atoms with van der Waals surface area (Å²) in [4.78, 5) is 1.91. The van der Waals surface area contributed by atoms with Crippen molar-refractivity contribution < 1.29 is 13.3 Å². The Morgan fingerprint density at radius 1 is 0.960 bits per heavy atom. The minimum atomic E-state index is -3.59. The molecule has 2 aromatic rings. The lowest BCUT2D eigenvalue weighted by molar-refractivity contribution is -0.851. The molecular formula is C20H23ClNO2S+. The van der Waals surface area contributed by atoms with E-state index in [9.17, 15) is 8.42 Å². The largest absolute Gasteiger partial charge is 0.308 e. The van der Waals surface area contributed by atoms with Gasteiger partial charge in [0, 0.05) is 5.02 Å². The number of rotatable bonds is 4. The van der Waals surface area contributed by atoms with Gasteiger partial charge in [0.1, 0.15) is 11.1 Å². The second-order valence-electron chi connectivity index (χ2n) is 6.55. The van der Waals surface area contributed by atoms with Crippen molar-refractivity contribution in [1.29, 1.82) is 0 Å². The zero-order valence-electron chi connectivity index (χ0n) is 14.3. The molecule has 0 saturated carbocycles. The molecule has 0 atom stereocenters. The minimum Gasteiger partial charge on any atom is -0.308 e. The number of sulfone groups is 1. The van der Waals surface area contributed by atoms with E-state index in [0.29, 0.717) is 20.4 Å². The molecule has 0 radical (unpaired) electrons. The van der Waals surface area contributed by atoms with Crippen molar-refractivity contribution in [3.63, 3.8) is 0 Å². The van der Waals surface area contributed by atoms with E-state index in [4.69, 9.17) is 11.6 Å². The van der Waals surface area contributed by atoms with Crippen LogP contribution in [0.3, 0.4) is 0 Å². The molecule has 0 aromatic heterocycles. The highest BCUT2D eigenvalue weighted by Gasteiger charge is 2.26. The fourth-order valence-electron chi connectivity index (χ4n) is 3.11. The Balaban J connectivity index is 2.07. The van der Waals surface area contributed by atoms with Crippen molar-refractivity contribution in [2.24, 2.45) is 0 Å². The molecule has 1 saturated heterocycles. The lowest BCUT2D eigenvalue weighted by Crippen LogP contribution is -3.08. The van der Waals surface area contributed by atoms with Gasteiger partial charge in [-0.05, 0) is 56.0 Å². The van der Waals surface area contributed by atoms with Crippen molar-refractivity contribution in [2.45, 2.75) is 31.1 Å². The average molecular weight is 377 g/mol. The molecule has 1 aliphatic heterocycles. The Labute approximate surface area is 154 Å². The van der Waals surface area contributed by atoms with Gasteiger partial charge in [-0.25, -0.2) is 8.42 Å². The van der Waals surface area contributed by atoms with E-state index in [1.165, 1.54) is 11.3 Å². The molecular weight excluding hydrogens is 354 g/mol. The predicted molar refractivity (Wildman–Crippen MR) is 102 cm³/mol. The van der Waals surface area contributed by atoms with E-state index in [1.54, 1.807) is 36.4 Å². The van der Waals surface area contributed by atoms with Gasteiger partial charge in [-0.1, -0.05) is 41.4 Å². The van der Waals surface area contributed by atoms with E-state index >= 15 is 0 Å². The van der Waals surface area contributed by atoms with E-state index < -0.39 is 9.84 Å². The molecule has 1 aliphatic rings. The number of benzene rings is 2. The number of aryl methyl sites for hydroxylation is 1. The third-order valence-electron chi connectivity index (χ3n) is 4.58. The zero-order chi connectivity index (χ0) is 17.9. The van der Waals surface area contributed by atoms with Gasteiger partial charge in [-0.3, -0.25) is 0 Å². The molecule has 0 unspecified atom stereocenters. The van der Waals surface area contributed by atoms with Crippen LogP contribution >= 0.6 is 11.6 Å². The fourth-order valence-corrected chi connectivity index (χ4v) is 4.75. The maximum atomic E-state index is 13.3. The molecule has 0 spiro atoms. The summed E-state index contributed by atoms with van der Waals surface area (Å²) in [6.45, 7) is 3.89. The first-order valence-electron chi connectivity index (χ1n) is 8.61. The average Bonchev–Trinajstić information content (AvgIpc) is 2.62. The number of halogens is 1. The quantitative estimate of drug-likeness (QED) is 0.887. The van der Waals surface area contributed by atoms with E-state index in [-0.39, 0.29) is 0 Å². The highest BCUT2D eigenvalue weighted by Crippen LogP contribution is 2.28. The molecule has 3 rings (SSSR count). The van der Waals surface area contributed by atoms with Gasteiger partial charge in [0.05, 0.1) is 18.0 Å². The fraction of sp³-hybridized carbons (Fsp3) is 0.300. The molecule has 132 valence electrons. The van der Waals surface area contributed by atoms with Gasteiger partial charge in [0.2, 0.25) is 9.84 Å². The van der Waals surface area contributed by atoms with Gasteiger partial charge in [-0.15, -0.1) is 0 Å². The van der Waals surface area contributed by atoms with Crippen LogP contribution in [0.1, 0.15) is 30.4 Å². The summed E-state index contributed by atoms with van der Waals surface area (Å²) in [5.41, 5.74) is 1.72. The number of quaternary nitrogens is 1. The van der Waals surface area contributed by atoms with E-state index in [2.05, 4.69) is 0 Å². The molecule has 5 heteroatoms. The number of hydrogen-bond acceptors (Lipinski definition) is 2. The third kappa shape index (κ3) is 4.32. The van der Waals surface area contributed by atoms with Crippen LogP contribution in [-0.4, -0.2) is 21.5 Å². The highest BCUT2D eigenvalue weighted by molar-refractivity contribution is 8.00. The van der Waals surface area contributed by atoms with Crippen molar-refractivity contribution >= 4 is 26.3 Å². The Hall–Kier alpha value is -1.62. The van der Waals surface area contributed by atoms with Crippen LogP contribution in [0.15, 0.2) is 59.6 Å². The number of nitrogens with one attached hydrogen (secondary N) is 1. The summed E-state index contributed by atoms with van der Waals surface area (Å²) < 4.78 is 26.6. The third-order valence-corrected chi connectivity index (χ3v) is 6.66. The molecule has 3 nitrogen and oxygen atoms in total. The number of likely N-dealkylation sites (tertiary alicyclic amines) is 1. The van der Waals surface area contributed by atoms with Crippen LogP contribution < -0.4 is 4.90 Å². The molecule has 1 heterocycles.